The number of unbranched alkanes of at least 4 members (excludes halogenated alkanes) is 5. The number of aliphatic hydroxyl groups is 1. The van der Waals surface area contributed by atoms with Gasteiger partial charge >= 0.3 is 0 Å². The number of nitrogens with two attached hydrogens (primary N) is 1. The summed E-state index contributed by atoms with van der Waals surface area (Å²) >= 11 is 0. The van der Waals surface area contributed by atoms with Crippen molar-refractivity contribution in [3.05, 3.63) is 35.4 Å². The highest BCUT2D eigenvalue weighted by Crippen LogP contribution is 2.13. The van der Waals surface area contributed by atoms with E-state index in [4.69, 9.17) is 0 Å². The van der Waals surface area contributed by atoms with Crippen molar-refractivity contribution in [1.29, 1.82) is 0 Å². The van der Waals surface area contributed by atoms with Gasteiger partial charge in [0.25, 0.3) is 0 Å². The first-order valence-corrected chi connectivity index (χ1v) is 8.85. The third-order valence-electron chi connectivity index (χ3n) is 4.61. The first kappa shape index (κ1) is 20.1. The summed E-state index contributed by atoms with van der Waals surface area (Å²) < 4.78 is 0. The minimum absolute atomic E-state index is 0. The number of hydrogen-bond acceptors (Lipinski definition) is 2. The predicted octanol–water partition coefficient (Wildman–Crippen LogP) is -0.527. The van der Waals surface area contributed by atoms with Crippen LogP contribution in [0.2, 0.25) is 0 Å². The number of carbonyl (C=O) groups excluding carboxylic acids is 1. The molecule has 0 amide bonds. The summed E-state index contributed by atoms with van der Waals surface area (Å²) in [6.07, 6.45) is 9.23. The van der Waals surface area contributed by atoms with Gasteiger partial charge in [-0.2, -0.15) is 0 Å². The van der Waals surface area contributed by atoms with E-state index in [9.17, 15) is 9.90 Å². The molecule has 2 rings (SSSR count). The van der Waals surface area contributed by atoms with Gasteiger partial charge in [0.05, 0.1) is 0 Å². The zero-order valence-corrected chi connectivity index (χ0v) is 14.9. The number of Topliss-reactive ketones (excluding diaryl/α,β-unsaturated/α-hetero) is 1. The Labute approximate surface area is 146 Å². The first-order chi connectivity index (χ1) is 10.7. The summed E-state index contributed by atoms with van der Waals surface area (Å²) in [4.78, 5) is 12.3. The highest BCUT2D eigenvalue weighted by Gasteiger charge is 2.32. The fourth-order valence-corrected chi connectivity index (χ4v) is 3.18. The van der Waals surface area contributed by atoms with Crippen molar-refractivity contribution in [2.45, 2.75) is 70.4 Å². The maximum atomic E-state index is 12.3. The van der Waals surface area contributed by atoms with Crippen molar-refractivity contribution < 1.29 is 27.6 Å². The monoisotopic (exact) mass is 339 g/mol. The van der Waals surface area contributed by atoms with Crippen LogP contribution >= 0.6 is 0 Å². The summed E-state index contributed by atoms with van der Waals surface area (Å²) in [5.74, 6) is 0.155. The fourth-order valence-electron chi connectivity index (χ4n) is 3.18. The SMILES string of the molecule is CCCCCCCCc1ccc(C(=O)[C@H]2C[C@H](O)C[NH2+]2)cc1.[Cl-]. The molecule has 130 valence electrons. The largest absolute Gasteiger partial charge is 1.00 e. The van der Waals surface area contributed by atoms with Gasteiger partial charge in [-0.05, 0) is 18.4 Å². The molecule has 4 heteroatoms. The second kappa shape index (κ2) is 10.8. The van der Waals surface area contributed by atoms with E-state index in [1.165, 1.54) is 44.1 Å². The smallest absolute Gasteiger partial charge is 0.219 e. The van der Waals surface area contributed by atoms with E-state index in [-0.39, 0.29) is 30.3 Å². The van der Waals surface area contributed by atoms with Crippen LogP contribution in [0.5, 0.6) is 0 Å². The van der Waals surface area contributed by atoms with Gasteiger partial charge in [-0.15, -0.1) is 0 Å². The molecule has 1 fully saturated rings. The zero-order chi connectivity index (χ0) is 15.8. The van der Waals surface area contributed by atoms with Gasteiger partial charge in [-0.3, -0.25) is 4.79 Å². The summed E-state index contributed by atoms with van der Waals surface area (Å²) in [6.45, 7) is 2.89. The Morgan fingerprint density at radius 3 is 2.39 bits per heavy atom. The minimum atomic E-state index is -0.332. The molecule has 23 heavy (non-hydrogen) atoms. The van der Waals surface area contributed by atoms with Gasteiger partial charge < -0.3 is 22.8 Å². The zero-order valence-electron chi connectivity index (χ0n) is 14.1. The second-order valence-corrected chi connectivity index (χ2v) is 6.55. The van der Waals surface area contributed by atoms with Gasteiger partial charge in [0.1, 0.15) is 12.6 Å². The Balaban J connectivity index is 0.00000264. The fraction of sp³-hybridized carbons (Fsp3) is 0.632. The van der Waals surface area contributed by atoms with Crippen LogP contribution in [-0.4, -0.2) is 29.6 Å². The third kappa shape index (κ3) is 6.62. The highest BCUT2D eigenvalue weighted by molar-refractivity contribution is 5.99. The summed E-state index contributed by atoms with van der Waals surface area (Å²) in [5.41, 5.74) is 2.10. The predicted molar refractivity (Wildman–Crippen MR) is 89.1 cm³/mol. The van der Waals surface area contributed by atoms with Crippen LogP contribution in [0, 0.1) is 0 Å². The normalized spacial score (nSPS) is 20.3. The lowest BCUT2D eigenvalue weighted by atomic mass is 9.99. The number of ketones is 1. The number of benzene rings is 1. The number of quaternary nitrogens is 1. The molecule has 0 saturated carbocycles. The van der Waals surface area contributed by atoms with Crippen LogP contribution in [0.4, 0.5) is 0 Å². The number of aliphatic hydroxyl groups excluding tert-OH is 1. The quantitative estimate of drug-likeness (QED) is 0.469. The molecule has 0 radical (unpaired) electrons. The van der Waals surface area contributed by atoms with Crippen LogP contribution in [0.1, 0.15) is 67.8 Å². The molecule has 0 bridgehead atoms. The molecule has 1 heterocycles. The molecule has 0 spiro atoms. The number of halogens is 1. The van der Waals surface area contributed by atoms with E-state index >= 15 is 0 Å². The van der Waals surface area contributed by atoms with Crippen LogP contribution in [0.3, 0.4) is 0 Å². The average Bonchev–Trinajstić information content (AvgIpc) is 2.97. The van der Waals surface area contributed by atoms with Crippen molar-refractivity contribution in [2.24, 2.45) is 0 Å². The molecule has 3 N–H and O–H groups in total. The average molecular weight is 340 g/mol. The molecule has 0 aliphatic carbocycles. The van der Waals surface area contributed by atoms with Crippen molar-refractivity contribution in [1.82, 2.24) is 0 Å². The lowest BCUT2D eigenvalue weighted by molar-refractivity contribution is -0.658. The van der Waals surface area contributed by atoms with Gasteiger partial charge in [0, 0.05) is 12.0 Å². The summed E-state index contributed by atoms with van der Waals surface area (Å²) in [7, 11) is 0. The van der Waals surface area contributed by atoms with Gasteiger partial charge in [-0.25, -0.2) is 0 Å². The van der Waals surface area contributed by atoms with Gasteiger partial charge in [-0.1, -0.05) is 63.3 Å². The maximum absolute atomic E-state index is 12.3. The lowest BCUT2D eigenvalue weighted by Gasteiger charge is -2.07. The summed E-state index contributed by atoms with van der Waals surface area (Å²) in [6, 6.07) is 7.98. The van der Waals surface area contributed by atoms with E-state index in [0.717, 1.165) is 12.0 Å². The van der Waals surface area contributed by atoms with E-state index in [1.54, 1.807) is 0 Å². The van der Waals surface area contributed by atoms with E-state index < -0.39 is 0 Å². The Kier molecular flexibility index (Phi) is 9.46. The number of hydrogen-bond donors (Lipinski definition) is 2. The molecule has 1 saturated heterocycles. The molecule has 1 aliphatic heterocycles. The molecule has 2 atom stereocenters. The van der Waals surface area contributed by atoms with Crippen molar-refractivity contribution in [2.75, 3.05) is 6.54 Å². The molecule has 1 aromatic carbocycles. The summed E-state index contributed by atoms with van der Waals surface area (Å²) in [5, 5.41) is 11.5. The topological polar surface area (TPSA) is 53.9 Å². The number of aryl methyl sites for hydroxylation is 1. The first-order valence-electron chi connectivity index (χ1n) is 8.85. The van der Waals surface area contributed by atoms with Gasteiger partial charge in [0.15, 0.2) is 6.04 Å². The minimum Gasteiger partial charge on any atom is -1.00 e. The van der Waals surface area contributed by atoms with Crippen LogP contribution in [0.15, 0.2) is 24.3 Å². The molecule has 0 unspecified atom stereocenters. The number of carbonyl (C=O) groups is 1. The molecular formula is C19H30ClNO2. The standard InChI is InChI=1S/C19H29NO2.ClH/c1-2-3-4-5-6-7-8-15-9-11-16(12-10-15)19(22)18-13-17(21)14-20-18;/h9-12,17-18,20-21H,2-8,13-14H2,1H3;1H/t17-,18+;/m0./s1. The van der Waals surface area contributed by atoms with Crippen LogP contribution in [0.25, 0.3) is 0 Å². The molecule has 0 aromatic heterocycles. The van der Waals surface area contributed by atoms with Crippen LogP contribution in [-0.2, 0) is 6.42 Å². The highest BCUT2D eigenvalue weighted by atomic mass is 35.5. The third-order valence-corrected chi connectivity index (χ3v) is 4.61. The second-order valence-electron chi connectivity index (χ2n) is 6.55. The van der Waals surface area contributed by atoms with Gasteiger partial charge in [0.2, 0.25) is 5.78 Å². The van der Waals surface area contributed by atoms with E-state index in [2.05, 4.69) is 19.1 Å². The molecule has 1 aromatic rings. The van der Waals surface area contributed by atoms with Crippen LogP contribution < -0.4 is 17.7 Å². The molecule has 1 aliphatic rings. The Hall–Kier alpha value is -0.900. The van der Waals surface area contributed by atoms with E-state index in [0.29, 0.717) is 13.0 Å². The maximum Gasteiger partial charge on any atom is 0.219 e. The Morgan fingerprint density at radius 1 is 1.13 bits per heavy atom. The Bertz CT molecular complexity index is 461. The molecule has 3 nitrogen and oxygen atoms in total. The van der Waals surface area contributed by atoms with Crippen molar-refractivity contribution >= 4 is 5.78 Å². The Morgan fingerprint density at radius 2 is 1.78 bits per heavy atom. The lowest BCUT2D eigenvalue weighted by Crippen LogP contribution is -3.00. The number of rotatable bonds is 9. The van der Waals surface area contributed by atoms with E-state index in [1.807, 2.05) is 17.4 Å². The molecular weight excluding hydrogens is 310 g/mol. The van der Waals surface area contributed by atoms with Crippen molar-refractivity contribution in [3.8, 4) is 0 Å². The van der Waals surface area contributed by atoms with Crippen molar-refractivity contribution in [3.63, 3.8) is 0 Å².